The topological polar surface area (TPSA) is 52.8 Å². The van der Waals surface area contributed by atoms with Gasteiger partial charge >= 0.3 is 0 Å². The Morgan fingerprint density at radius 1 is 0.365 bits per heavy atom. The molecule has 0 aliphatic carbocycles. The van der Waals surface area contributed by atoms with Crippen molar-refractivity contribution in [2.75, 3.05) is 0 Å². The molecule has 0 amide bonds. The Morgan fingerprint density at radius 2 is 0.889 bits per heavy atom. The van der Waals surface area contributed by atoms with Gasteiger partial charge in [-0.2, -0.15) is 0 Å². The molecule has 1 atom stereocenters. The molecule has 2 aliphatic heterocycles. The summed E-state index contributed by atoms with van der Waals surface area (Å²) in [6.45, 7) is 0. The maximum atomic E-state index is 7.14. The summed E-state index contributed by atoms with van der Waals surface area (Å²) in [7, 11) is 0. The summed E-state index contributed by atoms with van der Waals surface area (Å²) in [6.07, 6.45) is 0. The van der Waals surface area contributed by atoms with Gasteiger partial charge in [-0.15, -0.1) is 0 Å². The van der Waals surface area contributed by atoms with Crippen LogP contribution in [0.5, 0.6) is 11.5 Å². The lowest BCUT2D eigenvalue weighted by Gasteiger charge is -2.45. The molecule has 4 heterocycles. The summed E-state index contributed by atoms with van der Waals surface area (Å²) in [6, 6.07) is 77.2. The summed E-state index contributed by atoms with van der Waals surface area (Å²) >= 11 is 0. The number of hydrogen-bond acceptors (Lipinski definition) is 4. The standard InChI is InChI=1S/C58H36N4O/c1-3-16-37(17-4-1)38-32-34-40(35-33-38)56-59-55(39-18-5-2-6-19-39)60-57(61-56)42-21-13-20-41(36-42)43-23-14-28-49-54(43)63-52-31-12-9-26-47(52)58(49)46-25-8-11-30-51(46)62-50-29-10-7-22-44(50)45-24-15-27-48(58)53(45)62/h1-36H. The second kappa shape index (κ2) is 13.8. The zero-order valence-electron chi connectivity index (χ0n) is 34.0. The molecule has 5 nitrogen and oxygen atoms in total. The van der Waals surface area contributed by atoms with Crippen LogP contribution in [0.1, 0.15) is 22.3 Å². The van der Waals surface area contributed by atoms with E-state index in [0.29, 0.717) is 17.5 Å². The van der Waals surface area contributed by atoms with Gasteiger partial charge in [0.2, 0.25) is 0 Å². The van der Waals surface area contributed by atoms with Crippen molar-refractivity contribution >= 4 is 21.8 Å². The molecule has 13 rings (SSSR count). The second-order valence-electron chi connectivity index (χ2n) is 16.3. The van der Waals surface area contributed by atoms with Crippen LogP contribution in [0, 0.1) is 0 Å². The van der Waals surface area contributed by atoms with Gasteiger partial charge in [0.15, 0.2) is 17.5 Å². The third kappa shape index (κ3) is 5.27. The summed E-state index contributed by atoms with van der Waals surface area (Å²) in [4.78, 5) is 15.3. The van der Waals surface area contributed by atoms with Crippen LogP contribution in [-0.4, -0.2) is 19.5 Å². The van der Waals surface area contributed by atoms with Crippen LogP contribution < -0.4 is 4.74 Å². The van der Waals surface area contributed by atoms with Crippen LogP contribution in [0.3, 0.4) is 0 Å². The van der Waals surface area contributed by atoms with Crippen LogP contribution in [0.2, 0.25) is 0 Å². The molecule has 0 N–H and O–H groups in total. The first-order valence-corrected chi connectivity index (χ1v) is 21.4. The van der Waals surface area contributed by atoms with Crippen molar-refractivity contribution in [1.29, 1.82) is 0 Å². The van der Waals surface area contributed by atoms with E-state index < -0.39 is 5.41 Å². The van der Waals surface area contributed by atoms with Gasteiger partial charge in [-0.25, -0.2) is 15.0 Å². The Bertz CT molecular complexity index is 3600. The van der Waals surface area contributed by atoms with Crippen LogP contribution in [0.15, 0.2) is 218 Å². The quantitative estimate of drug-likeness (QED) is 0.174. The average Bonchev–Trinajstić information content (AvgIpc) is 3.71. The Balaban J connectivity index is 1.00. The van der Waals surface area contributed by atoms with E-state index >= 15 is 0 Å². The summed E-state index contributed by atoms with van der Waals surface area (Å²) in [5.41, 5.74) is 14.7. The summed E-state index contributed by atoms with van der Waals surface area (Å²) < 4.78 is 9.61. The number of rotatable bonds is 5. The Hall–Kier alpha value is -8.41. The van der Waals surface area contributed by atoms with Gasteiger partial charge in [-0.1, -0.05) is 194 Å². The first-order valence-electron chi connectivity index (χ1n) is 21.4. The van der Waals surface area contributed by atoms with Crippen molar-refractivity contribution < 1.29 is 4.74 Å². The van der Waals surface area contributed by atoms with Gasteiger partial charge in [0.25, 0.3) is 0 Å². The number of aromatic nitrogens is 4. The molecule has 0 bridgehead atoms. The SMILES string of the molecule is c1ccc(-c2ccc(-c3nc(-c4ccccc4)nc(-c4cccc(-c5cccc6c5Oc5ccccc5C65c6ccccc6-n6c7ccccc7c7cccc5c76)c4)n3)cc2)cc1. The largest absolute Gasteiger partial charge is 0.456 e. The Kier molecular flexibility index (Phi) is 7.75. The third-order valence-corrected chi connectivity index (χ3v) is 12.9. The van der Waals surface area contributed by atoms with Crippen molar-refractivity contribution in [1.82, 2.24) is 19.5 Å². The maximum absolute atomic E-state index is 7.14. The van der Waals surface area contributed by atoms with Crippen LogP contribution in [-0.2, 0) is 5.41 Å². The fourth-order valence-electron chi connectivity index (χ4n) is 10.2. The smallest absolute Gasteiger partial charge is 0.164 e. The van der Waals surface area contributed by atoms with Crippen LogP contribution in [0.4, 0.5) is 0 Å². The maximum Gasteiger partial charge on any atom is 0.164 e. The molecular weight excluding hydrogens is 769 g/mol. The summed E-state index contributed by atoms with van der Waals surface area (Å²) in [5, 5.41) is 2.48. The highest BCUT2D eigenvalue weighted by Crippen LogP contribution is 2.61. The molecule has 0 saturated heterocycles. The van der Waals surface area contributed by atoms with E-state index in [1.165, 1.54) is 38.6 Å². The Morgan fingerprint density at radius 3 is 1.70 bits per heavy atom. The van der Waals surface area contributed by atoms with E-state index in [0.717, 1.165) is 61.6 Å². The van der Waals surface area contributed by atoms with Gasteiger partial charge in [0, 0.05) is 44.2 Å². The molecule has 1 unspecified atom stereocenters. The fraction of sp³-hybridized carbons (Fsp3) is 0.0172. The fourth-order valence-corrected chi connectivity index (χ4v) is 10.2. The van der Waals surface area contributed by atoms with Crippen molar-refractivity contribution in [3.05, 3.63) is 241 Å². The van der Waals surface area contributed by atoms with Gasteiger partial charge in [0.1, 0.15) is 11.5 Å². The number of nitrogens with zero attached hydrogens (tertiary/aromatic N) is 4. The third-order valence-electron chi connectivity index (χ3n) is 12.9. The van der Waals surface area contributed by atoms with Crippen molar-refractivity contribution in [3.63, 3.8) is 0 Å². The van der Waals surface area contributed by atoms with Gasteiger partial charge in [-0.05, 0) is 52.1 Å². The Labute approximate surface area is 364 Å². The lowest BCUT2D eigenvalue weighted by atomic mass is 9.61. The minimum Gasteiger partial charge on any atom is -0.456 e. The molecule has 9 aromatic carbocycles. The molecule has 0 radical (unpaired) electrons. The number of para-hydroxylation sites is 5. The van der Waals surface area contributed by atoms with E-state index in [9.17, 15) is 0 Å². The monoisotopic (exact) mass is 804 g/mol. The highest BCUT2D eigenvalue weighted by molar-refractivity contribution is 6.12. The lowest BCUT2D eigenvalue weighted by Crippen LogP contribution is -2.37. The first-order chi connectivity index (χ1) is 31.2. The van der Waals surface area contributed by atoms with Crippen molar-refractivity contribution in [3.8, 4) is 73.6 Å². The van der Waals surface area contributed by atoms with Crippen molar-refractivity contribution in [2.45, 2.75) is 5.41 Å². The number of benzene rings is 9. The molecule has 0 saturated carbocycles. The molecule has 2 aromatic heterocycles. The number of fused-ring (bicyclic) bond motifs is 11. The molecule has 11 aromatic rings. The molecule has 2 aliphatic rings. The average molecular weight is 805 g/mol. The minimum absolute atomic E-state index is 0.598. The normalized spacial score (nSPS) is 14.5. The molecule has 63 heavy (non-hydrogen) atoms. The highest BCUT2D eigenvalue weighted by atomic mass is 16.5. The number of hydrogen-bond donors (Lipinski definition) is 0. The van der Waals surface area contributed by atoms with E-state index in [1.54, 1.807) is 0 Å². The molecule has 0 fully saturated rings. The zero-order chi connectivity index (χ0) is 41.5. The molecular formula is C58H36N4O. The van der Waals surface area contributed by atoms with Gasteiger partial charge in [-0.3, -0.25) is 0 Å². The molecule has 294 valence electrons. The predicted molar refractivity (Wildman–Crippen MR) is 253 cm³/mol. The van der Waals surface area contributed by atoms with Gasteiger partial charge in [0.05, 0.1) is 22.1 Å². The molecule has 5 heteroatoms. The van der Waals surface area contributed by atoms with E-state index in [1.807, 2.05) is 36.4 Å². The van der Waals surface area contributed by atoms with Crippen LogP contribution in [0.25, 0.3) is 83.9 Å². The van der Waals surface area contributed by atoms with E-state index in [4.69, 9.17) is 19.7 Å². The summed E-state index contributed by atoms with van der Waals surface area (Å²) in [5.74, 6) is 3.52. The first kappa shape index (κ1) is 35.4. The molecule has 1 spiro atoms. The minimum atomic E-state index is -0.665. The van der Waals surface area contributed by atoms with E-state index in [2.05, 4.69) is 187 Å². The zero-order valence-corrected chi connectivity index (χ0v) is 34.0. The second-order valence-corrected chi connectivity index (χ2v) is 16.3. The van der Waals surface area contributed by atoms with Gasteiger partial charge < -0.3 is 9.30 Å². The van der Waals surface area contributed by atoms with E-state index in [-0.39, 0.29) is 0 Å². The number of ether oxygens (including phenoxy) is 1. The van der Waals surface area contributed by atoms with Crippen molar-refractivity contribution in [2.24, 2.45) is 0 Å². The highest BCUT2D eigenvalue weighted by Gasteiger charge is 2.50. The lowest BCUT2D eigenvalue weighted by molar-refractivity contribution is 0.435. The predicted octanol–water partition coefficient (Wildman–Crippen LogP) is 14.1. The van der Waals surface area contributed by atoms with Crippen LogP contribution >= 0.6 is 0 Å².